The van der Waals surface area contributed by atoms with Crippen molar-refractivity contribution in [3.05, 3.63) is 58.6 Å². The lowest BCUT2D eigenvalue weighted by Gasteiger charge is -2.07. The molecule has 5 heteroatoms. The van der Waals surface area contributed by atoms with Crippen LogP contribution in [0.2, 0.25) is 0 Å². The van der Waals surface area contributed by atoms with Gasteiger partial charge in [0, 0.05) is 18.5 Å². The molecule has 0 aliphatic heterocycles. The molecule has 0 saturated heterocycles. The first-order valence-corrected chi connectivity index (χ1v) is 8.49. The van der Waals surface area contributed by atoms with E-state index in [0.717, 1.165) is 29.0 Å². The van der Waals surface area contributed by atoms with E-state index in [1.165, 1.54) is 12.5 Å². The summed E-state index contributed by atoms with van der Waals surface area (Å²) in [5.74, 6) is 1.46. The fourth-order valence-corrected chi connectivity index (χ4v) is 2.19. The second-order valence-corrected chi connectivity index (χ2v) is 5.79. The summed E-state index contributed by atoms with van der Waals surface area (Å²) in [6, 6.07) is 15.9. The topological polar surface area (TPSA) is 44.8 Å². The minimum absolute atomic E-state index is 0.211. The van der Waals surface area contributed by atoms with E-state index in [4.69, 9.17) is 9.47 Å². The van der Waals surface area contributed by atoms with Gasteiger partial charge in [-0.3, -0.25) is 4.79 Å². The first-order valence-electron chi connectivity index (χ1n) is 7.69. The second kappa shape index (κ2) is 11.6. The second-order valence-electron chi connectivity index (χ2n) is 4.87. The van der Waals surface area contributed by atoms with Crippen LogP contribution in [0.5, 0.6) is 11.5 Å². The maximum atomic E-state index is 9.82. The summed E-state index contributed by atoms with van der Waals surface area (Å²) < 4.78 is 16.2. The van der Waals surface area contributed by atoms with E-state index in [9.17, 15) is 4.79 Å². The number of methoxy groups -OCH3 is 1. The average molecular weight is 395 g/mol. The number of carbonyl (C=O) groups excluding carboxylic acids is 1. The molecule has 0 aromatic heterocycles. The molecular weight excluding hydrogens is 372 g/mol. The van der Waals surface area contributed by atoms with Gasteiger partial charge in [0.05, 0.1) is 13.2 Å². The molecule has 0 unspecified atom stereocenters. The molecule has 2 aromatic carbocycles. The van der Waals surface area contributed by atoms with Gasteiger partial charge in [-0.15, -0.1) is 0 Å². The van der Waals surface area contributed by atoms with Crippen LogP contribution in [0, 0.1) is 0 Å². The van der Waals surface area contributed by atoms with Gasteiger partial charge in [0.15, 0.2) is 0 Å². The zero-order valence-corrected chi connectivity index (χ0v) is 15.8. The molecule has 0 spiro atoms. The van der Waals surface area contributed by atoms with Crippen LogP contribution in [-0.2, 0) is 20.7 Å². The maximum Gasteiger partial charge on any atom is 0.302 e. The van der Waals surface area contributed by atoms with Gasteiger partial charge < -0.3 is 14.2 Å². The molecule has 0 fully saturated rings. The number of esters is 1. The lowest BCUT2D eigenvalue weighted by Crippen LogP contribution is -1.95. The number of rotatable bonds is 6. The summed E-state index contributed by atoms with van der Waals surface area (Å²) in [6.45, 7) is 4.39. The van der Waals surface area contributed by atoms with Crippen molar-refractivity contribution in [1.82, 2.24) is 0 Å². The summed E-state index contributed by atoms with van der Waals surface area (Å²) in [7, 11) is 1.71. The fraction of sp³-hybridized carbons (Fsp3) is 0.316. The number of halogens is 1. The highest BCUT2D eigenvalue weighted by Crippen LogP contribution is 2.24. The summed E-state index contributed by atoms with van der Waals surface area (Å²) in [4.78, 5) is 9.82. The molecule has 0 radical (unpaired) electrons. The van der Waals surface area contributed by atoms with Crippen molar-refractivity contribution < 1.29 is 19.0 Å². The zero-order valence-electron chi connectivity index (χ0n) is 14.3. The van der Waals surface area contributed by atoms with Gasteiger partial charge in [-0.2, -0.15) is 0 Å². The minimum atomic E-state index is -0.211. The monoisotopic (exact) mass is 394 g/mol. The van der Waals surface area contributed by atoms with Gasteiger partial charge in [0.2, 0.25) is 0 Å². The van der Waals surface area contributed by atoms with E-state index < -0.39 is 0 Å². The third-order valence-electron chi connectivity index (χ3n) is 2.90. The van der Waals surface area contributed by atoms with Gasteiger partial charge in [-0.25, -0.2) is 0 Å². The fourth-order valence-electron chi connectivity index (χ4n) is 1.81. The largest absolute Gasteiger partial charge is 0.466 e. The lowest BCUT2D eigenvalue weighted by atomic mass is 10.1. The Hall–Kier alpha value is -1.85. The Bertz CT molecular complexity index is 611. The van der Waals surface area contributed by atoms with E-state index in [2.05, 4.69) is 32.8 Å². The molecule has 0 aliphatic rings. The predicted octanol–water partition coefficient (Wildman–Crippen LogP) is 5.00. The zero-order chi connectivity index (χ0) is 17.8. The molecule has 0 N–H and O–H groups in total. The van der Waals surface area contributed by atoms with Crippen LogP contribution in [0.25, 0.3) is 0 Å². The van der Waals surface area contributed by atoms with E-state index in [1.54, 1.807) is 14.0 Å². The quantitative estimate of drug-likeness (QED) is 0.646. The first kappa shape index (κ1) is 20.2. The number of hydrogen-bond donors (Lipinski definition) is 0. The highest BCUT2D eigenvalue weighted by atomic mass is 79.9. The van der Waals surface area contributed by atoms with Crippen LogP contribution >= 0.6 is 15.9 Å². The van der Waals surface area contributed by atoms with Crippen LogP contribution in [0.3, 0.4) is 0 Å². The van der Waals surface area contributed by atoms with Crippen molar-refractivity contribution in [3.8, 4) is 11.5 Å². The molecular formula is C19H23BrO4. The standard InChI is InChI=1S/C15H15BrO2.C4H8O2/c1-17-10-9-12-5-7-14(8-6-12)18-15-4-2-3-13(16)11-15;1-3-6-4(2)5/h2-8,11H,9-10H2,1H3;3H2,1-2H3. The Balaban J connectivity index is 0.000000413. The Morgan fingerprint density at radius 2 is 1.79 bits per heavy atom. The van der Waals surface area contributed by atoms with Gasteiger partial charge in [0.25, 0.3) is 0 Å². The van der Waals surface area contributed by atoms with Crippen molar-refractivity contribution in [2.45, 2.75) is 20.3 Å². The summed E-state index contributed by atoms with van der Waals surface area (Å²) in [6.07, 6.45) is 0.924. The Kier molecular flexibility index (Phi) is 9.80. The van der Waals surface area contributed by atoms with Crippen molar-refractivity contribution >= 4 is 21.9 Å². The Morgan fingerprint density at radius 1 is 1.08 bits per heavy atom. The molecule has 0 saturated carbocycles. The lowest BCUT2D eigenvalue weighted by molar-refractivity contribution is -0.140. The average Bonchev–Trinajstić information content (AvgIpc) is 2.55. The summed E-state index contributed by atoms with van der Waals surface area (Å²) in [5, 5.41) is 0. The van der Waals surface area contributed by atoms with E-state index in [1.807, 2.05) is 36.4 Å². The van der Waals surface area contributed by atoms with Crippen LogP contribution in [0.1, 0.15) is 19.4 Å². The highest BCUT2D eigenvalue weighted by molar-refractivity contribution is 9.10. The molecule has 0 heterocycles. The smallest absolute Gasteiger partial charge is 0.302 e. The predicted molar refractivity (Wildman–Crippen MR) is 98.5 cm³/mol. The molecule has 2 rings (SSSR count). The number of ether oxygens (including phenoxy) is 3. The van der Waals surface area contributed by atoms with E-state index in [0.29, 0.717) is 6.61 Å². The number of carbonyl (C=O) groups is 1. The highest BCUT2D eigenvalue weighted by Gasteiger charge is 1.99. The van der Waals surface area contributed by atoms with Crippen molar-refractivity contribution in [3.63, 3.8) is 0 Å². The SMILES string of the molecule is CCOC(C)=O.COCCc1ccc(Oc2cccc(Br)c2)cc1. The van der Waals surface area contributed by atoms with Crippen molar-refractivity contribution in [1.29, 1.82) is 0 Å². The molecule has 0 aliphatic carbocycles. The van der Waals surface area contributed by atoms with Crippen LogP contribution < -0.4 is 4.74 Å². The molecule has 2 aromatic rings. The summed E-state index contributed by atoms with van der Waals surface area (Å²) in [5.41, 5.74) is 1.25. The molecule has 24 heavy (non-hydrogen) atoms. The molecule has 0 amide bonds. The number of benzene rings is 2. The third kappa shape index (κ3) is 8.70. The first-order chi connectivity index (χ1) is 11.5. The Morgan fingerprint density at radius 3 is 2.29 bits per heavy atom. The van der Waals surface area contributed by atoms with Crippen LogP contribution in [0.4, 0.5) is 0 Å². The normalized spacial score (nSPS) is 9.67. The molecule has 4 nitrogen and oxygen atoms in total. The van der Waals surface area contributed by atoms with Gasteiger partial charge >= 0.3 is 5.97 Å². The van der Waals surface area contributed by atoms with Crippen molar-refractivity contribution in [2.24, 2.45) is 0 Å². The third-order valence-corrected chi connectivity index (χ3v) is 3.39. The van der Waals surface area contributed by atoms with Crippen LogP contribution in [-0.4, -0.2) is 26.3 Å². The van der Waals surface area contributed by atoms with Gasteiger partial charge in [-0.05, 0) is 49.2 Å². The van der Waals surface area contributed by atoms with Crippen LogP contribution in [0.15, 0.2) is 53.0 Å². The number of hydrogen-bond acceptors (Lipinski definition) is 4. The van der Waals surface area contributed by atoms with E-state index >= 15 is 0 Å². The van der Waals surface area contributed by atoms with Crippen molar-refractivity contribution in [2.75, 3.05) is 20.3 Å². The molecule has 0 atom stereocenters. The minimum Gasteiger partial charge on any atom is -0.466 e. The molecule has 0 bridgehead atoms. The summed E-state index contributed by atoms with van der Waals surface area (Å²) >= 11 is 3.42. The van der Waals surface area contributed by atoms with E-state index in [-0.39, 0.29) is 5.97 Å². The maximum absolute atomic E-state index is 9.82. The van der Waals surface area contributed by atoms with Gasteiger partial charge in [0.1, 0.15) is 11.5 Å². The molecule has 130 valence electrons. The van der Waals surface area contributed by atoms with Gasteiger partial charge in [-0.1, -0.05) is 34.1 Å². The Labute approximate surface area is 151 Å².